The molecule has 0 saturated carbocycles. The maximum absolute atomic E-state index is 8.68. The third kappa shape index (κ3) is 2.59. The molecule has 1 aromatic carbocycles. The second-order valence-corrected chi connectivity index (χ2v) is 3.77. The van der Waals surface area contributed by atoms with Crippen LogP contribution in [0.2, 0.25) is 5.02 Å². The molecule has 0 amide bonds. The Labute approximate surface area is 97.9 Å². The number of aromatic nitrogens is 2. The minimum Gasteiger partial charge on any atom is -0.421 e. The van der Waals surface area contributed by atoms with Gasteiger partial charge < -0.3 is 9.52 Å². The lowest BCUT2D eigenvalue weighted by atomic mass is 10.2. The first-order valence-electron chi connectivity index (χ1n) is 4.99. The predicted molar refractivity (Wildman–Crippen MR) is 60.2 cm³/mol. The fourth-order valence-electron chi connectivity index (χ4n) is 1.29. The summed E-state index contributed by atoms with van der Waals surface area (Å²) in [6.45, 7) is 0.124. The molecule has 0 aliphatic heterocycles. The summed E-state index contributed by atoms with van der Waals surface area (Å²) >= 11 is 5.78. The van der Waals surface area contributed by atoms with E-state index in [2.05, 4.69) is 10.2 Å². The number of nitrogens with zero attached hydrogens (tertiary/aromatic N) is 2. The molecule has 0 radical (unpaired) electrons. The molecule has 0 unspecified atom stereocenters. The van der Waals surface area contributed by atoms with E-state index in [-0.39, 0.29) is 6.61 Å². The van der Waals surface area contributed by atoms with Gasteiger partial charge in [0.1, 0.15) is 0 Å². The highest BCUT2D eigenvalue weighted by Gasteiger charge is 2.07. The van der Waals surface area contributed by atoms with Crippen molar-refractivity contribution in [2.45, 2.75) is 12.8 Å². The van der Waals surface area contributed by atoms with Gasteiger partial charge in [0.25, 0.3) is 0 Å². The van der Waals surface area contributed by atoms with Gasteiger partial charge in [0, 0.05) is 23.6 Å². The van der Waals surface area contributed by atoms with Crippen LogP contribution in [0.1, 0.15) is 12.3 Å². The molecular formula is C11H11ClN2O2. The Morgan fingerprint density at radius 2 is 1.94 bits per heavy atom. The summed E-state index contributed by atoms with van der Waals surface area (Å²) in [7, 11) is 0. The summed E-state index contributed by atoms with van der Waals surface area (Å²) < 4.78 is 5.44. The van der Waals surface area contributed by atoms with Crippen molar-refractivity contribution in [2.75, 3.05) is 6.61 Å². The number of benzene rings is 1. The van der Waals surface area contributed by atoms with Gasteiger partial charge in [-0.3, -0.25) is 0 Å². The maximum atomic E-state index is 8.68. The third-order valence-electron chi connectivity index (χ3n) is 2.11. The van der Waals surface area contributed by atoms with Crippen LogP contribution in [0.3, 0.4) is 0 Å². The number of hydrogen-bond donors (Lipinski definition) is 1. The molecule has 2 rings (SSSR count). The van der Waals surface area contributed by atoms with Gasteiger partial charge >= 0.3 is 0 Å². The molecule has 1 heterocycles. The van der Waals surface area contributed by atoms with Gasteiger partial charge in [-0.05, 0) is 30.7 Å². The Bertz CT molecular complexity index is 453. The van der Waals surface area contributed by atoms with Gasteiger partial charge in [-0.1, -0.05) is 11.6 Å². The molecule has 1 N–H and O–H groups in total. The minimum atomic E-state index is 0.124. The first kappa shape index (κ1) is 11.1. The van der Waals surface area contributed by atoms with Gasteiger partial charge in [-0.15, -0.1) is 10.2 Å². The fourth-order valence-corrected chi connectivity index (χ4v) is 1.42. The van der Waals surface area contributed by atoms with E-state index >= 15 is 0 Å². The van der Waals surface area contributed by atoms with Crippen LogP contribution >= 0.6 is 11.6 Å². The average molecular weight is 239 g/mol. The molecule has 0 fully saturated rings. The summed E-state index contributed by atoms with van der Waals surface area (Å²) in [5, 5.41) is 17.2. The molecule has 16 heavy (non-hydrogen) atoms. The number of aliphatic hydroxyl groups is 1. The smallest absolute Gasteiger partial charge is 0.247 e. The molecule has 84 valence electrons. The van der Waals surface area contributed by atoms with Crippen molar-refractivity contribution < 1.29 is 9.52 Å². The van der Waals surface area contributed by atoms with Crippen LogP contribution in [0.15, 0.2) is 28.7 Å². The Balaban J connectivity index is 2.15. The van der Waals surface area contributed by atoms with Crippen LogP contribution in [-0.4, -0.2) is 21.9 Å². The van der Waals surface area contributed by atoms with Crippen LogP contribution in [0.5, 0.6) is 0 Å². The molecule has 1 aromatic heterocycles. The highest BCUT2D eigenvalue weighted by atomic mass is 35.5. The van der Waals surface area contributed by atoms with Gasteiger partial charge in [-0.2, -0.15) is 0 Å². The fraction of sp³-hybridized carbons (Fsp3) is 0.273. The molecule has 4 nitrogen and oxygen atoms in total. The van der Waals surface area contributed by atoms with E-state index in [0.717, 1.165) is 5.56 Å². The average Bonchev–Trinajstić information content (AvgIpc) is 2.76. The number of halogens is 1. The standard InChI is InChI=1S/C11H11ClN2O2/c12-9-5-3-8(4-6-9)11-14-13-10(16-11)2-1-7-15/h3-6,15H,1-2,7H2. The van der Waals surface area contributed by atoms with E-state index in [9.17, 15) is 0 Å². The van der Waals surface area contributed by atoms with Gasteiger partial charge in [0.2, 0.25) is 11.8 Å². The van der Waals surface area contributed by atoms with Gasteiger partial charge in [0.05, 0.1) is 0 Å². The molecule has 5 heteroatoms. The van der Waals surface area contributed by atoms with Crippen LogP contribution in [0.25, 0.3) is 11.5 Å². The normalized spacial score (nSPS) is 10.6. The van der Waals surface area contributed by atoms with E-state index in [4.69, 9.17) is 21.1 Å². The molecule has 0 bridgehead atoms. The second-order valence-electron chi connectivity index (χ2n) is 3.34. The summed E-state index contributed by atoms with van der Waals surface area (Å²) in [5.74, 6) is 1.02. The van der Waals surface area contributed by atoms with E-state index in [1.807, 2.05) is 12.1 Å². The Morgan fingerprint density at radius 1 is 1.19 bits per heavy atom. The molecule has 0 spiro atoms. The summed E-state index contributed by atoms with van der Waals surface area (Å²) in [5.41, 5.74) is 0.840. The van der Waals surface area contributed by atoms with Crippen molar-refractivity contribution in [1.29, 1.82) is 0 Å². The zero-order valence-corrected chi connectivity index (χ0v) is 9.31. The Morgan fingerprint density at radius 3 is 2.62 bits per heavy atom. The SMILES string of the molecule is OCCCc1nnc(-c2ccc(Cl)cc2)o1. The van der Waals surface area contributed by atoms with Crippen molar-refractivity contribution in [3.8, 4) is 11.5 Å². The van der Waals surface area contributed by atoms with E-state index in [1.54, 1.807) is 12.1 Å². The first-order valence-corrected chi connectivity index (χ1v) is 5.36. The summed E-state index contributed by atoms with van der Waals surface area (Å²) in [6.07, 6.45) is 1.22. The van der Waals surface area contributed by atoms with Gasteiger partial charge in [-0.25, -0.2) is 0 Å². The topological polar surface area (TPSA) is 59.2 Å². The van der Waals surface area contributed by atoms with E-state index < -0.39 is 0 Å². The third-order valence-corrected chi connectivity index (χ3v) is 2.36. The first-order chi connectivity index (χ1) is 7.79. The van der Waals surface area contributed by atoms with Crippen molar-refractivity contribution in [3.63, 3.8) is 0 Å². The molecule has 0 aliphatic rings. The summed E-state index contributed by atoms with van der Waals surface area (Å²) in [6, 6.07) is 7.19. The maximum Gasteiger partial charge on any atom is 0.247 e. The van der Waals surface area contributed by atoms with Crippen LogP contribution in [0, 0.1) is 0 Å². The molecule has 2 aromatic rings. The van der Waals surface area contributed by atoms with Crippen molar-refractivity contribution in [3.05, 3.63) is 35.2 Å². The lowest BCUT2D eigenvalue weighted by Crippen LogP contribution is -1.88. The zero-order chi connectivity index (χ0) is 11.4. The number of hydrogen-bond acceptors (Lipinski definition) is 4. The molecule has 0 saturated heterocycles. The van der Waals surface area contributed by atoms with Crippen LogP contribution < -0.4 is 0 Å². The van der Waals surface area contributed by atoms with Crippen molar-refractivity contribution in [2.24, 2.45) is 0 Å². The molecule has 0 aliphatic carbocycles. The molecular weight excluding hydrogens is 228 g/mol. The number of aryl methyl sites for hydroxylation is 1. The van der Waals surface area contributed by atoms with Crippen molar-refractivity contribution in [1.82, 2.24) is 10.2 Å². The van der Waals surface area contributed by atoms with Crippen molar-refractivity contribution >= 4 is 11.6 Å². The Kier molecular flexibility index (Phi) is 3.54. The van der Waals surface area contributed by atoms with E-state index in [1.165, 1.54) is 0 Å². The minimum absolute atomic E-state index is 0.124. The predicted octanol–water partition coefficient (Wildman–Crippen LogP) is 2.31. The Hall–Kier alpha value is -1.39. The van der Waals surface area contributed by atoms with E-state index in [0.29, 0.717) is 29.6 Å². The van der Waals surface area contributed by atoms with Gasteiger partial charge in [0.15, 0.2) is 0 Å². The summed E-state index contributed by atoms with van der Waals surface area (Å²) in [4.78, 5) is 0. The highest BCUT2D eigenvalue weighted by Crippen LogP contribution is 2.20. The largest absolute Gasteiger partial charge is 0.421 e. The lowest BCUT2D eigenvalue weighted by Gasteiger charge is -1.94. The van der Waals surface area contributed by atoms with Crippen LogP contribution in [0.4, 0.5) is 0 Å². The molecule has 0 atom stereocenters. The second kappa shape index (κ2) is 5.09. The zero-order valence-electron chi connectivity index (χ0n) is 8.56. The number of rotatable bonds is 4. The quantitative estimate of drug-likeness (QED) is 0.888. The monoisotopic (exact) mass is 238 g/mol. The number of aliphatic hydroxyl groups excluding tert-OH is 1. The van der Waals surface area contributed by atoms with Crippen LogP contribution in [-0.2, 0) is 6.42 Å². The lowest BCUT2D eigenvalue weighted by molar-refractivity contribution is 0.283. The highest BCUT2D eigenvalue weighted by molar-refractivity contribution is 6.30.